The Balaban J connectivity index is 1.57. The zero-order valence-corrected chi connectivity index (χ0v) is 19.7. The van der Waals surface area contributed by atoms with Crippen molar-refractivity contribution in [3.8, 4) is 5.75 Å². The first-order valence-corrected chi connectivity index (χ1v) is 13.0. The number of hydrogen-bond donors (Lipinski definition) is 3. The zero-order chi connectivity index (χ0) is 23.3. The number of aromatic amines is 1. The van der Waals surface area contributed by atoms with Crippen LogP contribution in [0.25, 0.3) is 10.9 Å². The number of H-pyrrole nitrogens is 1. The first-order valence-electron chi connectivity index (χ1n) is 11.6. The zero-order valence-electron chi connectivity index (χ0n) is 18.8. The number of carbonyl (C=O) groups is 1. The molecule has 1 aliphatic rings. The highest BCUT2D eigenvalue weighted by Crippen LogP contribution is 2.22. The van der Waals surface area contributed by atoms with Crippen molar-refractivity contribution in [3.63, 3.8) is 0 Å². The number of para-hydroxylation sites is 1. The predicted molar refractivity (Wildman–Crippen MR) is 129 cm³/mol. The van der Waals surface area contributed by atoms with E-state index in [4.69, 9.17) is 4.74 Å². The summed E-state index contributed by atoms with van der Waals surface area (Å²) >= 11 is 0. The lowest BCUT2D eigenvalue weighted by molar-refractivity contribution is -0.123. The number of benzene rings is 2. The quantitative estimate of drug-likeness (QED) is 0.442. The second kappa shape index (κ2) is 10.4. The highest BCUT2D eigenvalue weighted by Gasteiger charge is 2.29. The van der Waals surface area contributed by atoms with Gasteiger partial charge in [-0.1, -0.05) is 37.5 Å². The molecule has 0 bridgehead atoms. The minimum absolute atomic E-state index is 0.0895. The molecule has 2 aromatic carbocycles. The van der Waals surface area contributed by atoms with Crippen LogP contribution >= 0.6 is 0 Å². The fourth-order valence-electron chi connectivity index (χ4n) is 4.39. The van der Waals surface area contributed by atoms with Crippen LogP contribution in [0, 0.1) is 0 Å². The van der Waals surface area contributed by atoms with Crippen molar-refractivity contribution in [2.45, 2.75) is 62.4 Å². The minimum Gasteiger partial charge on any atom is -0.494 e. The second-order valence-electron chi connectivity index (χ2n) is 8.49. The van der Waals surface area contributed by atoms with Crippen molar-refractivity contribution in [1.29, 1.82) is 0 Å². The summed E-state index contributed by atoms with van der Waals surface area (Å²) in [6.45, 7) is 2.37. The molecule has 0 aliphatic heterocycles. The fourth-order valence-corrected chi connectivity index (χ4v) is 5.59. The SMILES string of the molecule is CCOc1ccc(S(=O)(=O)NC(Cc2c[nH]c3ccccc23)C(=O)NC2CCCCC2)cc1. The van der Waals surface area contributed by atoms with Gasteiger partial charge in [-0.2, -0.15) is 4.72 Å². The molecule has 0 saturated heterocycles. The van der Waals surface area contributed by atoms with Gasteiger partial charge in [0.25, 0.3) is 0 Å². The minimum atomic E-state index is -3.91. The first-order chi connectivity index (χ1) is 16.0. The number of aromatic nitrogens is 1. The molecule has 1 amide bonds. The van der Waals surface area contributed by atoms with Crippen LogP contribution in [0.4, 0.5) is 0 Å². The van der Waals surface area contributed by atoms with E-state index in [1.165, 1.54) is 18.6 Å². The number of ether oxygens (including phenoxy) is 1. The summed E-state index contributed by atoms with van der Waals surface area (Å²) in [7, 11) is -3.91. The number of hydrogen-bond acceptors (Lipinski definition) is 4. The molecule has 1 aliphatic carbocycles. The smallest absolute Gasteiger partial charge is 0.241 e. The van der Waals surface area contributed by atoms with E-state index in [0.717, 1.165) is 42.1 Å². The number of rotatable bonds is 9. The summed E-state index contributed by atoms with van der Waals surface area (Å²) in [5.41, 5.74) is 1.84. The van der Waals surface area contributed by atoms with Crippen LogP contribution in [-0.2, 0) is 21.2 Å². The maximum absolute atomic E-state index is 13.3. The summed E-state index contributed by atoms with van der Waals surface area (Å²) in [5.74, 6) is 0.309. The molecule has 1 heterocycles. The topological polar surface area (TPSA) is 100 Å². The van der Waals surface area contributed by atoms with E-state index < -0.39 is 16.1 Å². The monoisotopic (exact) mass is 469 g/mol. The molecule has 1 saturated carbocycles. The van der Waals surface area contributed by atoms with Gasteiger partial charge >= 0.3 is 0 Å². The highest BCUT2D eigenvalue weighted by atomic mass is 32.2. The van der Waals surface area contributed by atoms with Crippen LogP contribution in [0.3, 0.4) is 0 Å². The average Bonchev–Trinajstić information content (AvgIpc) is 3.23. The molecule has 3 N–H and O–H groups in total. The fraction of sp³-hybridized carbons (Fsp3) is 0.400. The molecule has 176 valence electrons. The molecule has 4 rings (SSSR count). The van der Waals surface area contributed by atoms with Crippen LogP contribution in [0.2, 0.25) is 0 Å². The summed E-state index contributed by atoms with van der Waals surface area (Å²) in [6, 6.07) is 13.2. The highest BCUT2D eigenvalue weighted by molar-refractivity contribution is 7.89. The van der Waals surface area contributed by atoms with Gasteiger partial charge in [-0.15, -0.1) is 0 Å². The Morgan fingerprint density at radius 1 is 1.09 bits per heavy atom. The lowest BCUT2D eigenvalue weighted by Crippen LogP contribution is -2.50. The third kappa shape index (κ3) is 5.75. The largest absolute Gasteiger partial charge is 0.494 e. The van der Waals surface area contributed by atoms with Crippen LogP contribution in [-0.4, -0.2) is 38.0 Å². The van der Waals surface area contributed by atoms with Gasteiger partial charge in [0.1, 0.15) is 11.8 Å². The van der Waals surface area contributed by atoms with E-state index in [1.54, 1.807) is 12.1 Å². The molecule has 1 unspecified atom stereocenters. The van der Waals surface area contributed by atoms with Gasteiger partial charge in [-0.3, -0.25) is 4.79 Å². The second-order valence-corrected chi connectivity index (χ2v) is 10.2. The van der Waals surface area contributed by atoms with Gasteiger partial charge in [-0.25, -0.2) is 8.42 Å². The van der Waals surface area contributed by atoms with Gasteiger partial charge in [0.2, 0.25) is 15.9 Å². The van der Waals surface area contributed by atoms with Crippen molar-refractivity contribution >= 4 is 26.8 Å². The van der Waals surface area contributed by atoms with E-state index in [2.05, 4.69) is 15.0 Å². The number of fused-ring (bicyclic) bond motifs is 1. The molecule has 0 radical (unpaired) electrons. The predicted octanol–water partition coefficient (Wildman–Crippen LogP) is 3.91. The van der Waals surface area contributed by atoms with E-state index >= 15 is 0 Å². The van der Waals surface area contributed by atoms with E-state index in [0.29, 0.717) is 12.4 Å². The van der Waals surface area contributed by atoms with Crippen LogP contribution in [0.5, 0.6) is 5.75 Å². The van der Waals surface area contributed by atoms with Crippen molar-refractivity contribution in [2.24, 2.45) is 0 Å². The molecule has 33 heavy (non-hydrogen) atoms. The van der Waals surface area contributed by atoms with Gasteiger partial charge in [0.15, 0.2) is 0 Å². The van der Waals surface area contributed by atoms with Crippen molar-refractivity contribution in [3.05, 3.63) is 60.3 Å². The molecule has 7 nitrogen and oxygen atoms in total. The molecular weight excluding hydrogens is 438 g/mol. The average molecular weight is 470 g/mol. The maximum atomic E-state index is 13.3. The number of nitrogens with one attached hydrogen (secondary N) is 3. The lowest BCUT2D eigenvalue weighted by atomic mass is 9.95. The van der Waals surface area contributed by atoms with Crippen LogP contribution in [0.1, 0.15) is 44.6 Å². The van der Waals surface area contributed by atoms with Crippen LogP contribution in [0.15, 0.2) is 59.6 Å². The van der Waals surface area contributed by atoms with Crippen molar-refractivity contribution in [2.75, 3.05) is 6.61 Å². The summed E-state index contributed by atoms with van der Waals surface area (Å²) in [4.78, 5) is 16.6. The van der Waals surface area contributed by atoms with Gasteiger partial charge < -0.3 is 15.0 Å². The van der Waals surface area contributed by atoms with Crippen molar-refractivity contribution in [1.82, 2.24) is 15.0 Å². The Bertz CT molecular complexity index is 1180. The summed E-state index contributed by atoms with van der Waals surface area (Å²) in [5, 5.41) is 4.06. The molecule has 1 aromatic heterocycles. The van der Waals surface area contributed by atoms with Gasteiger partial charge in [0, 0.05) is 23.1 Å². The number of carbonyl (C=O) groups excluding carboxylic acids is 1. The lowest BCUT2D eigenvalue weighted by Gasteiger charge is -2.26. The number of amides is 1. The molecule has 8 heteroatoms. The molecule has 0 spiro atoms. The Hall–Kier alpha value is -2.84. The van der Waals surface area contributed by atoms with Gasteiger partial charge in [0.05, 0.1) is 11.5 Å². The Morgan fingerprint density at radius 3 is 2.55 bits per heavy atom. The van der Waals surface area contributed by atoms with Crippen LogP contribution < -0.4 is 14.8 Å². The normalized spacial score (nSPS) is 15.9. The molecule has 1 atom stereocenters. The summed E-state index contributed by atoms with van der Waals surface area (Å²) in [6.07, 6.45) is 7.28. The molecule has 1 fully saturated rings. The van der Waals surface area contributed by atoms with E-state index in [1.807, 2.05) is 37.4 Å². The molecular formula is C25H31N3O4S. The van der Waals surface area contributed by atoms with E-state index in [-0.39, 0.29) is 23.3 Å². The van der Waals surface area contributed by atoms with E-state index in [9.17, 15) is 13.2 Å². The Kier molecular flexibility index (Phi) is 7.35. The third-order valence-electron chi connectivity index (χ3n) is 6.11. The number of sulfonamides is 1. The standard InChI is InChI=1S/C25H31N3O4S/c1-2-32-20-12-14-21(15-13-20)33(30,31)28-24(25(29)27-19-8-4-3-5-9-19)16-18-17-26-23-11-7-6-10-22(18)23/h6-7,10-15,17,19,24,26,28H,2-5,8-9,16H2,1H3,(H,27,29). The maximum Gasteiger partial charge on any atom is 0.241 e. The Labute approximate surface area is 195 Å². The van der Waals surface area contributed by atoms with Gasteiger partial charge in [-0.05, 0) is 62.1 Å². The Morgan fingerprint density at radius 2 is 1.82 bits per heavy atom. The molecule has 3 aromatic rings. The summed E-state index contributed by atoms with van der Waals surface area (Å²) < 4.78 is 34.4. The first kappa shape index (κ1) is 23.3. The van der Waals surface area contributed by atoms with Crippen molar-refractivity contribution < 1.29 is 17.9 Å². The third-order valence-corrected chi connectivity index (χ3v) is 7.60.